The van der Waals surface area contributed by atoms with Crippen LogP contribution >= 0.6 is 0 Å². The summed E-state index contributed by atoms with van der Waals surface area (Å²) in [5, 5.41) is 0. The summed E-state index contributed by atoms with van der Waals surface area (Å²) in [5.74, 6) is -0.952. The predicted octanol–water partition coefficient (Wildman–Crippen LogP) is 3.15. The van der Waals surface area contributed by atoms with Crippen molar-refractivity contribution in [1.29, 1.82) is 0 Å². The van der Waals surface area contributed by atoms with E-state index in [2.05, 4.69) is 10.7 Å². The van der Waals surface area contributed by atoms with Crippen molar-refractivity contribution >= 4 is 0 Å². The van der Waals surface area contributed by atoms with Crippen LogP contribution in [0, 0.1) is 17.9 Å². The molecule has 0 spiro atoms. The van der Waals surface area contributed by atoms with Crippen LogP contribution in [0.4, 0.5) is 8.78 Å². The molecule has 2 rings (SSSR count). The maximum atomic E-state index is 12.7. The lowest BCUT2D eigenvalue weighted by Gasteiger charge is -2.02. The van der Waals surface area contributed by atoms with Crippen LogP contribution in [-0.4, -0.2) is 0 Å². The highest BCUT2D eigenvalue weighted by Gasteiger charge is 2.03. The molecule has 1 aromatic carbocycles. The van der Waals surface area contributed by atoms with Gasteiger partial charge in [-0.2, -0.15) is 0 Å². The Morgan fingerprint density at radius 1 is 1.07 bits per heavy atom. The van der Waals surface area contributed by atoms with E-state index in [1.54, 1.807) is 0 Å². The zero-order valence-electron chi connectivity index (χ0n) is 6.96. The van der Waals surface area contributed by atoms with Gasteiger partial charge >= 0.3 is 0 Å². The molecule has 0 aliphatic carbocycles. The average Bonchev–Trinajstić information content (AvgIpc) is 2.54. The second kappa shape index (κ2) is 3.49. The SMILES string of the molecule is Fc1cc(F)cc(Oc2c[c]oc2)c1. The van der Waals surface area contributed by atoms with Crippen LogP contribution in [0.2, 0.25) is 0 Å². The van der Waals surface area contributed by atoms with E-state index in [0.717, 1.165) is 18.2 Å². The number of ether oxygens (including phenoxy) is 1. The fourth-order valence-electron chi connectivity index (χ4n) is 0.995. The molecule has 0 aliphatic rings. The molecule has 71 valence electrons. The summed E-state index contributed by atoms with van der Waals surface area (Å²) in [7, 11) is 0. The topological polar surface area (TPSA) is 22.4 Å². The van der Waals surface area contributed by atoms with Gasteiger partial charge in [0, 0.05) is 24.3 Å². The van der Waals surface area contributed by atoms with E-state index in [-0.39, 0.29) is 5.75 Å². The van der Waals surface area contributed by atoms with Gasteiger partial charge < -0.3 is 9.15 Å². The normalized spacial score (nSPS) is 10.1. The molecule has 0 fully saturated rings. The summed E-state index contributed by atoms with van der Waals surface area (Å²) in [4.78, 5) is 0. The fraction of sp³-hybridized carbons (Fsp3) is 0. The van der Waals surface area contributed by atoms with Crippen molar-refractivity contribution in [3.8, 4) is 11.5 Å². The highest BCUT2D eigenvalue weighted by Crippen LogP contribution is 2.22. The summed E-state index contributed by atoms with van der Waals surface area (Å²) >= 11 is 0. The van der Waals surface area contributed by atoms with Crippen molar-refractivity contribution < 1.29 is 17.9 Å². The van der Waals surface area contributed by atoms with Crippen LogP contribution in [0.5, 0.6) is 11.5 Å². The number of furan rings is 1. The largest absolute Gasteiger partial charge is 0.457 e. The van der Waals surface area contributed by atoms with E-state index < -0.39 is 11.6 Å². The van der Waals surface area contributed by atoms with Crippen LogP contribution in [0.1, 0.15) is 0 Å². The van der Waals surface area contributed by atoms with Gasteiger partial charge in [-0.05, 0) is 0 Å². The summed E-state index contributed by atoms with van der Waals surface area (Å²) < 4.78 is 35.1. The molecule has 0 N–H and O–H groups in total. The Balaban J connectivity index is 2.25. The van der Waals surface area contributed by atoms with Gasteiger partial charge in [0.1, 0.15) is 23.6 Å². The smallest absolute Gasteiger partial charge is 0.173 e. The second-order valence-corrected chi connectivity index (χ2v) is 2.61. The van der Waals surface area contributed by atoms with Gasteiger partial charge in [-0.15, -0.1) is 0 Å². The molecule has 0 amide bonds. The van der Waals surface area contributed by atoms with E-state index in [9.17, 15) is 8.78 Å². The third-order valence-electron chi connectivity index (χ3n) is 1.52. The van der Waals surface area contributed by atoms with Gasteiger partial charge in [-0.3, -0.25) is 0 Å². The highest BCUT2D eigenvalue weighted by molar-refractivity contribution is 5.29. The standard InChI is InChI=1S/C10H5F2O2/c11-7-3-8(12)5-10(4-7)14-9-1-2-13-6-9/h1,3-6H. The van der Waals surface area contributed by atoms with E-state index >= 15 is 0 Å². The van der Waals surface area contributed by atoms with Crippen molar-refractivity contribution in [2.24, 2.45) is 0 Å². The number of rotatable bonds is 2. The molecule has 0 atom stereocenters. The Labute approximate surface area is 78.7 Å². The van der Waals surface area contributed by atoms with Crippen LogP contribution in [0.15, 0.2) is 34.9 Å². The minimum atomic E-state index is -0.688. The summed E-state index contributed by atoms with van der Waals surface area (Å²) in [5.41, 5.74) is 0. The Kier molecular flexibility index (Phi) is 2.18. The Morgan fingerprint density at radius 3 is 2.36 bits per heavy atom. The Bertz CT molecular complexity index is 403. The van der Waals surface area contributed by atoms with Crippen molar-refractivity contribution in [2.75, 3.05) is 0 Å². The molecule has 0 saturated carbocycles. The lowest BCUT2D eigenvalue weighted by Crippen LogP contribution is -1.85. The van der Waals surface area contributed by atoms with Gasteiger partial charge in [0.25, 0.3) is 0 Å². The summed E-state index contributed by atoms with van der Waals surface area (Å²) in [6.07, 6.45) is 3.67. The maximum absolute atomic E-state index is 12.7. The Hall–Kier alpha value is -1.84. The number of hydrogen-bond donors (Lipinski definition) is 0. The molecule has 0 bridgehead atoms. The fourth-order valence-corrected chi connectivity index (χ4v) is 0.995. The van der Waals surface area contributed by atoms with Crippen LogP contribution in [-0.2, 0) is 0 Å². The molecule has 14 heavy (non-hydrogen) atoms. The Morgan fingerprint density at radius 2 is 1.79 bits per heavy atom. The molecule has 0 saturated heterocycles. The second-order valence-electron chi connectivity index (χ2n) is 2.61. The van der Waals surface area contributed by atoms with E-state index in [1.165, 1.54) is 12.3 Å². The van der Waals surface area contributed by atoms with Crippen LogP contribution in [0.25, 0.3) is 0 Å². The van der Waals surface area contributed by atoms with Crippen molar-refractivity contribution in [1.82, 2.24) is 0 Å². The third-order valence-corrected chi connectivity index (χ3v) is 1.52. The van der Waals surface area contributed by atoms with Crippen molar-refractivity contribution in [2.45, 2.75) is 0 Å². The highest BCUT2D eigenvalue weighted by atomic mass is 19.1. The van der Waals surface area contributed by atoms with Gasteiger partial charge in [-0.1, -0.05) is 0 Å². The zero-order valence-corrected chi connectivity index (χ0v) is 6.96. The zero-order chi connectivity index (χ0) is 9.97. The first-order chi connectivity index (χ1) is 6.74. The molecule has 1 aromatic heterocycles. The molecule has 1 radical (unpaired) electrons. The molecule has 4 heteroatoms. The molecule has 0 unspecified atom stereocenters. The van der Waals surface area contributed by atoms with Crippen LogP contribution in [0.3, 0.4) is 0 Å². The first kappa shape index (κ1) is 8.74. The first-order valence-corrected chi connectivity index (χ1v) is 3.82. The lowest BCUT2D eigenvalue weighted by molar-refractivity contribution is 0.455. The quantitative estimate of drug-likeness (QED) is 0.734. The molecular formula is C10H5F2O2. The minimum Gasteiger partial charge on any atom is -0.457 e. The van der Waals surface area contributed by atoms with Gasteiger partial charge in [0.05, 0.1) is 0 Å². The maximum Gasteiger partial charge on any atom is 0.173 e. The lowest BCUT2D eigenvalue weighted by atomic mass is 10.3. The molecule has 0 aliphatic heterocycles. The van der Waals surface area contributed by atoms with Gasteiger partial charge in [-0.25, -0.2) is 8.78 Å². The molecular weight excluding hydrogens is 190 g/mol. The molecule has 1 heterocycles. The monoisotopic (exact) mass is 195 g/mol. The summed E-state index contributed by atoms with van der Waals surface area (Å²) in [6.45, 7) is 0. The van der Waals surface area contributed by atoms with Gasteiger partial charge in [0.15, 0.2) is 12.0 Å². The van der Waals surface area contributed by atoms with E-state index in [1.807, 2.05) is 0 Å². The third kappa shape index (κ3) is 1.90. The number of benzene rings is 1. The molecule has 2 aromatic rings. The van der Waals surface area contributed by atoms with Crippen LogP contribution < -0.4 is 4.74 Å². The average molecular weight is 195 g/mol. The van der Waals surface area contributed by atoms with Gasteiger partial charge in [0.2, 0.25) is 0 Å². The first-order valence-electron chi connectivity index (χ1n) is 3.82. The van der Waals surface area contributed by atoms with E-state index in [0.29, 0.717) is 5.75 Å². The van der Waals surface area contributed by atoms with E-state index in [4.69, 9.17) is 4.74 Å². The van der Waals surface area contributed by atoms with Crippen molar-refractivity contribution in [3.05, 3.63) is 48.4 Å². The summed E-state index contributed by atoms with van der Waals surface area (Å²) in [6, 6.07) is 4.35. The minimum absolute atomic E-state index is 0.0808. The number of halogens is 2. The molecule has 2 nitrogen and oxygen atoms in total. The predicted molar refractivity (Wildman–Crippen MR) is 44.0 cm³/mol. The number of hydrogen-bond acceptors (Lipinski definition) is 2. The van der Waals surface area contributed by atoms with Crippen molar-refractivity contribution in [3.63, 3.8) is 0 Å².